The Morgan fingerprint density at radius 1 is 1.56 bits per heavy atom. The van der Waals surface area contributed by atoms with Crippen molar-refractivity contribution in [1.29, 1.82) is 0 Å². The molecule has 0 bridgehead atoms. The van der Waals surface area contributed by atoms with Crippen molar-refractivity contribution in [2.45, 2.75) is 32.7 Å². The van der Waals surface area contributed by atoms with E-state index in [4.69, 9.17) is 4.74 Å². The molecule has 4 nitrogen and oxygen atoms in total. The molecular weight excluding hydrogens is 224 g/mol. The lowest BCUT2D eigenvalue weighted by atomic mass is 10.3. The molecule has 0 aliphatic carbocycles. The average Bonchev–Trinajstić information content (AvgIpc) is 2.79. The first kappa shape index (κ1) is 13.1. The summed E-state index contributed by atoms with van der Waals surface area (Å²) in [6, 6.07) is 1.90. The van der Waals surface area contributed by atoms with Crippen LogP contribution in [0.15, 0.2) is 12.3 Å². The molecule has 16 heavy (non-hydrogen) atoms. The minimum Gasteiger partial charge on any atom is -0.372 e. The highest BCUT2D eigenvalue weighted by Gasteiger charge is 2.01. The molecule has 0 aliphatic heterocycles. The van der Waals surface area contributed by atoms with Crippen molar-refractivity contribution in [2.24, 2.45) is 0 Å². The van der Waals surface area contributed by atoms with E-state index in [9.17, 15) is 4.79 Å². The van der Waals surface area contributed by atoms with Crippen LogP contribution in [0.3, 0.4) is 0 Å². The molecular formula is C11H18N2O2S. The Morgan fingerprint density at radius 3 is 3.12 bits per heavy atom. The summed E-state index contributed by atoms with van der Waals surface area (Å²) in [7, 11) is 0. The Morgan fingerprint density at radius 2 is 2.44 bits per heavy atom. The van der Waals surface area contributed by atoms with Crippen LogP contribution in [0.25, 0.3) is 0 Å². The summed E-state index contributed by atoms with van der Waals surface area (Å²) in [5.41, 5.74) is 0. The number of nitrogens with zero attached hydrogens (tertiary/aromatic N) is 1. The van der Waals surface area contributed by atoms with Gasteiger partial charge < -0.3 is 10.1 Å². The standard InChI is InChI=1S/C11H18N2O2S/c1-2-3-4-7-15-9-11(14)12-8-10-5-6-13-16-10/h5-6H,2-4,7-9H2,1H3,(H,12,14). The van der Waals surface area contributed by atoms with Gasteiger partial charge in [0.15, 0.2) is 0 Å². The zero-order chi connectivity index (χ0) is 11.6. The van der Waals surface area contributed by atoms with Crippen LogP contribution in [-0.2, 0) is 16.1 Å². The molecule has 1 aromatic rings. The van der Waals surface area contributed by atoms with Gasteiger partial charge in [0.1, 0.15) is 6.61 Å². The topological polar surface area (TPSA) is 51.2 Å². The Bertz CT molecular complexity index is 288. The van der Waals surface area contributed by atoms with Gasteiger partial charge in [-0.15, -0.1) is 0 Å². The molecule has 0 atom stereocenters. The molecule has 0 aliphatic rings. The van der Waals surface area contributed by atoms with Crippen LogP contribution in [0, 0.1) is 0 Å². The zero-order valence-electron chi connectivity index (χ0n) is 9.57. The largest absolute Gasteiger partial charge is 0.372 e. The number of hydrogen-bond acceptors (Lipinski definition) is 4. The maximum absolute atomic E-state index is 11.3. The maximum Gasteiger partial charge on any atom is 0.246 e. The van der Waals surface area contributed by atoms with Gasteiger partial charge in [0.05, 0.1) is 6.54 Å². The van der Waals surface area contributed by atoms with Crippen molar-refractivity contribution in [1.82, 2.24) is 9.69 Å². The number of rotatable bonds is 8. The number of unbranched alkanes of at least 4 members (excludes halogenated alkanes) is 2. The third kappa shape index (κ3) is 5.82. The molecule has 0 saturated heterocycles. The lowest BCUT2D eigenvalue weighted by molar-refractivity contribution is -0.125. The van der Waals surface area contributed by atoms with Gasteiger partial charge in [0.25, 0.3) is 0 Å². The molecule has 0 fully saturated rings. The third-order valence-corrected chi connectivity index (χ3v) is 2.82. The van der Waals surface area contributed by atoms with Crippen LogP contribution in [0.4, 0.5) is 0 Å². The van der Waals surface area contributed by atoms with Crippen molar-refractivity contribution < 1.29 is 9.53 Å². The molecule has 1 aromatic heterocycles. The van der Waals surface area contributed by atoms with Crippen molar-refractivity contribution in [2.75, 3.05) is 13.2 Å². The van der Waals surface area contributed by atoms with Gasteiger partial charge in [-0.05, 0) is 24.0 Å². The number of amides is 1. The second-order valence-corrected chi connectivity index (χ2v) is 4.43. The van der Waals surface area contributed by atoms with Gasteiger partial charge in [-0.3, -0.25) is 4.79 Å². The molecule has 0 aromatic carbocycles. The molecule has 1 rings (SSSR count). The highest BCUT2D eigenvalue weighted by atomic mass is 32.1. The van der Waals surface area contributed by atoms with Crippen molar-refractivity contribution in [3.05, 3.63) is 17.1 Å². The Hall–Kier alpha value is -0.940. The summed E-state index contributed by atoms with van der Waals surface area (Å²) in [5, 5.41) is 2.78. The first-order chi connectivity index (χ1) is 7.83. The summed E-state index contributed by atoms with van der Waals surface area (Å²) in [4.78, 5) is 12.4. The third-order valence-electron chi connectivity index (χ3n) is 2.08. The van der Waals surface area contributed by atoms with Gasteiger partial charge in [-0.25, -0.2) is 4.37 Å². The van der Waals surface area contributed by atoms with Crippen LogP contribution in [0.1, 0.15) is 31.1 Å². The summed E-state index contributed by atoms with van der Waals surface area (Å²) in [6.45, 7) is 3.51. The van der Waals surface area contributed by atoms with E-state index in [1.807, 2.05) is 6.07 Å². The molecule has 0 saturated carbocycles. The van der Waals surface area contributed by atoms with Crippen molar-refractivity contribution in [3.8, 4) is 0 Å². The normalized spacial score (nSPS) is 10.3. The second kappa shape index (κ2) is 8.24. The van der Waals surface area contributed by atoms with Crippen LogP contribution in [-0.4, -0.2) is 23.5 Å². The summed E-state index contributed by atoms with van der Waals surface area (Å²) in [6.07, 6.45) is 5.08. The number of carbonyl (C=O) groups excluding carboxylic acids is 1. The monoisotopic (exact) mass is 242 g/mol. The van der Waals surface area contributed by atoms with Crippen LogP contribution < -0.4 is 5.32 Å². The molecule has 90 valence electrons. The second-order valence-electron chi connectivity index (χ2n) is 3.52. The van der Waals surface area contributed by atoms with E-state index in [-0.39, 0.29) is 12.5 Å². The van der Waals surface area contributed by atoms with Gasteiger partial charge in [0.2, 0.25) is 5.91 Å². The SMILES string of the molecule is CCCCCOCC(=O)NCc1ccns1. The summed E-state index contributed by atoms with van der Waals surface area (Å²) in [5.74, 6) is -0.0649. The van der Waals surface area contributed by atoms with Crippen molar-refractivity contribution >= 4 is 17.4 Å². The van der Waals surface area contributed by atoms with Crippen molar-refractivity contribution in [3.63, 3.8) is 0 Å². The summed E-state index contributed by atoms with van der Waals surface area (Å²) >= 11 is 1.39. The molecule has 0 radical (unpaired) electrons. The van der Waals surface area contributed by atoms with E-state index in [1.165, 1.54) is 18.0 Å². The Labute approximate surface area is 100 Å². The number of hydrogen-bond donors (Lipinski definition) is 1. The average molecular weight is 242 g/mol. The minimum absolute atomic E-state index is 0.0649. The van der Waals surface area contributed by atoms with Crippen LogP contribution >= 0.6 is 11.5 Å². The highest BCUT2D eigenvalue weighted by molar-refractivity contribution is 7.05. The minimum atomic E-state index is -0.0649. The first-order valence-electron chi connectivity index (χ1n) is 5.57. The predicted molar refractivity (Wildman–Crippen MR) is 64.3 cm³/mol. The summed E-state index contributed by atoms with van der Waals surface area (Å²) < 4.78 is 9.20. The lowest BCUT2D eigenvalue weighted by Crippen LogP contribution is -2.26. The molecule has 0 spiro atoms. The molecule has 0 unspecified atom stereocenters. The number of ether oxygens (including phenoxy) is 1. The van der Waals surface area contributed by atoms with Gasteiger partial charge in [-0.2, -0.15) is 0 Å². The van der Waals surface area contributed by atoms with E-state index < -0.39 is 0 Å². The number of nitrogens with one attached hydrogen (secondary N) is 1. The van der Waals surface area contributed by atoms with E-state index in [1.54, 1.807) is 6.20 Å². The highest BCUT2D eigenvalue weighted by Crippen LogP contribution is 2.02. The fourth-order valence-electron chi connectivity index (χ4n) is 1.19. The Balaban J connectivity index is 1.99. The van der Waals surface area contributed by atoms with Crippen LogP contribution in [0.2, 0.25) is 0 Å². The number of carbonyl (C=O) groups is 1. The van der Waals surface area contributed by atoms with E-state index in [0.29, 0.717) is 13.2 Å². The number of aromatic nitrogens is 1. The fourth-order valence-corrected chi connectivity index (χ4v) is 1.70. The van der Waals surface area contributed by atoms with Crippen LogP contribution in [0.5, 0.6) is 0 Å². The first-order valence-corrected chi connectivity index (χ1v) is 6.34. The van der Waals surface area contributed by atoms with E-state index in [0.717, 1.165) is 17.7 Å². The van der Waals surface area contributed by atoms with Gasteiger partial charge in [0, 0.05) is 17.7 Å². The smallest absolute Gasteiger partial charge is 0.246 e. The lowest BCUT2D eigenvalue weighted by Gasteiger charge is -2.04. The molecule has 1 amide bonds. The molecule has 1 N–H and O–H groups in total. The van der Waals surface area contributed by atoms with Gasteiger partial charge >= 0.3 is 0 Å². The zero-order valence-corrected chi connectivity index (χ0v) is 10.4. The quantitative estimate of drug-likeness (QED) is 0.709. The Kier molecular flexibility index (Phi) is 6.76. The predicted octanol–water partition coefficient (Wildman–Crippen LogP) is 1.97. The fraction of sp³-hybridized carbons (Fsp3) is 0.636. The van der Waals surface area contributed by atoms with E-state index >= 15 is 0 Å². The molecule has 5 heteroatoms. The molecule has 1 heterocycles. The van der Waals surface area contributed by atoms with E-state index in [2.05, 4.69) is 16.6 Å². The maximum atomic E-state index is 11.3. The van der Waals surface area contributed by atoms with Gasteiger partial charge in [-0.1, -0.05) is 19.8 Å².